The van der Waals surface area contributed by atoms with E-state index in [0.29, 0.717) is 12.3 Å². The molecule has 2 heteroatoms. The summed E-state index contributed by atoms with van der Waals surface area (Å²) in [6.07, 6.45) is 0.916. The van der Waals surface area contributed by atoms with Crippen LogP contribution in [-0.4, -0.2) is 19.4 Å². The zero-order valence-electron chi connectivity index (χ0n) is 11.6. The van der Waals surface area contributed by atoms with E-state index in [0.717, 1.165) is 12.1 Å². The van der Waals surface area contributed by atoms with E-state index >= 15 is 0 Å². The number of carbonyl (C=O) groups excluding carboxylic acids is 1. The lowest BCUT2D eigenvalue weighted by Gasteiger charge is -2.21. The lowest BCUT2D eigenvalue weighted by Crippen LogP contribution is -2.29. The van der Waals surface area contributed by atoms with Gasteiger partial charge in [-0.3, -0.25) is 4.79 Å². The first-order valence-corrected chi connectivity index (χ1v) is 6.26. The first kappa shape index (κ1) is 13.8. The van der Waals surface area contributed by atoms with E-state index in [1.807, 2.05) is 18.9 Å². The molecule has 0 N–H and O–H groups in total. The molecule has 1 aromatic carbocycles. The third-order valence-electron chi connectivity index (χ3n) is 3.20. The van der Waals surface area contributed by atoms with Crippen LogP contribution in [0.1, 0.15) is 31.4 Å². The van der Waals surface area contributed by atoms with Gasteiger partial charge in [0.1, 0.15) is 0 Å². The van der Waals surface area contributed by atoms with Gasteiger partial charge in [-0.25, -0.2) is 0 Å². The summed E-state index contributed by atoms with van der Waals surface area (Å²) in [4.78, 5) is 13.9. The first-order valence-electron chi connectivity index (χ1n) is 6.26. The van der Waals surface area contributed by atoms with Gasteiger partial charge in [-0.15, -0.1) is 0 Å². The Morgan fingerprint density at radius 2 is 1.76 bits per heavy atom. The molecule has 0 saturated carbocycles. The van der Waals surface area contributed by atoms with Crippen molar-refractivity contribution in [1.29, 1.82) is 0 Å². The van der Waals surface area contributed by atoms with Gasteiger partial charge >= 0.3 is 0 Å². The van der Waals surface area contributed by atoms with Crippen LogP contribution in [-0.2, 0) is 4.79 Å². The number of hydrogen-bond donors (Lipinski definition) is 0. The van der Waals surface area contributed by atoms with Crippen molar-refractivity contribution in [2.24, 2.45) is 5.92 Å². The Kier molecular flexibility index (Phi) is 4.73. The zero-order chi connectivity index (χ0) is 13.0. The van der Waals surface area contributed by atoms with Crippen molar-refractivity contribution < 1.29 is 4.79 Å². The molecule has 94 valence electrons. The van der Waals surface area contributed by atoms with Gasteiger partial charge in [0.2, 0.25) is 0 Å². The third kappa shape index (κ3) is 3.88. The molecule has 17 heavy (non-hydrogen) atoms. The van der Waals surface area contributed by atoms with Crippen LogP contribution in [0.25, 0.3) is 0 Å². The van der Waals surface area contributed by atoms with Crippen molar-refractivity contribution in [3.05, 3.63) is 29.3 Å². The SMILES string of the molecule is CCC(C)C(=O)CN(C)c1cc(C)cc(C)c1. The molecular formula is C15H23NO. The summed E-state index contributed by atoms with van der Waals surface area (Å²) >= 11 is 0. The predicted molar refractivity (Wildman–Crippen MR) is 73.6 cm³/mol. The fourth-order valence-corrected chi connectivity index (χ4v) is 1.88. The van der Waals surface area contributed by atoms with E-state index in [2.05, 4.69) is 39.0 Å². The number of nitrogens with zero attached hydrogens (tertiary/aromatic N) is 1. The first-order chi connectivity index (χ1) is 7.93. The Morgan fingerprint density at radius 1 is 1.24 bits per heavy atom. The largest absolute Gasteiger partial charge is 0.367 e. The molecule has 1 aromatic rings. The molecule has 0 spiro atoms. The number of rotatable bonds is 5. The third-order valence-corrected chi connectivity index (χ3v) is 3.20. The minimum Gasteiger partial charge on any atom is -0.367 e. The smallest absolute Gasteiger partial charge is 0.154 e. The number of likely N-dealkylation sites (N-methyl/N-ethyl adjacent to an activating group) is 1. The number of anilines is 1. The second-order valence-electron chi connectivity index (χ2n) is 4.98. The van der Waals surface area contributed by atoms with Crippen molar-refractivity contribution in [2.45, 2.75) is 34.1 Å². The molecule has 0 aliphatic rings. The quantitative estimate of drug-likeness (QED) is 0.777. The fraction of sp³-hybridized carbons (Fsp3) is 0.533. The lowest BCUT2D eigenvalue weighted by atomic mass is 10.0. The van der Waals surface area contributed by atoms with Crippen molar-refractivity contribution in [1.82, 2.24) is 0 Å². The molecule has 0 fully saturated rings. The Labute approximate surface area is 105 Å². The highest BCUT2D eigenvalue weighted by Gasteiger charge is 2.13. The van der Waals surface area contributed by atoms with Crippen LogP contribution < -0.4 is 4.90 Å². The molecule has 0 aliphatic heterocycles. The number of benzene rings is 1. The normalized spacial score (nSPS) is 12.3. The average molecular weight is 233 g/mol. The lowest BCUT2D eigenvalue weighted by molar-refractivity contribution is -0.121. The summed E-state index contributed by atoms with van der Waals surface area (Å²) in [7, 11) is 1.98. The molecule has 1 unspecified atom stereocenters. The van der Waals surface area contributed by atoms with Crippen LogP contribution in [0.2, 0.25) is 0 Å². The van der Waals surface area contributed by atoms with Gasteiger partial charge in [-0.05, 0) is 43.5 Å². The maximum atomic E-state index is 11.9. The van der Waals surface area contributed by atoms with Gasteiger partial charge in [0, 0.05) is 18.7 Å². The van der Waals surface area contributed by atoms with Crippen molar-refractivity contribution in [3.8, 4) is 0 Å². The van der Waals surface area contributed by atoms with Crippen LogP contribution >= 0.6 is 0 Å². The highest BCUT2D eigenvalue weighted by atomic mass is 16.1. The highest BCUT2D eigenvalue weighted by Crippen LogP contribution is 2.18. The van der Waals surface area contributed by atoms with Gasteiger partial charge in [0.25, 0.3) is 0 Å². The highest BCUT2D eigenvalue weighted by molar-refractivity contribution is 5.85. The average Bonchev–Trinajstić information content (AvgIpc) is 2.26. The van der Waals surface area contributed by atoms with Gasteiger partial charge in [0.15, 0.2) is 5.78 Å². The maximum absolute atomic E-state index is 11.9. The van der Waals surface area contributed by atoms with Crippen LogP contribution in [0.5, 0.6) is 0 Å². The zero-order valence-corrected chi connectivity index (χ0v) is 11.6. The molecule has 0 aromatic heterocycles. The van der Waals surface area contributed by atoms with Gasteiger partial charge < -0.3 is 4.90 Å². The van der Waals surface area contributed by atoms with Gasteiger partial charge in [-0.1, -0.05) is 19.9 Å². The van der Waals surface area contributed by atoms with Crippen molar-refractivity contribution >= 4 is 11.5 Å². The number of aryl methyl sites for hydroxylation is 2. The molecular weight excluding hydrogens is 210 g/mol. The molecule has 0 amide bonds. The van der Waals surface area contributed by atoms with Gasteiger partial charge in [0.05, 0.1) is 6.54 Å². The topological polar surface area (TPSA) is 20.3 Å². The summed E-state index contributed by atoms with van der Waals surface area (Å²) in [5.41, 5.74) is 3.60. The van der Waals surface area contributed by atoms with E-state index in [1.165, 1.54) is 11.1 Å². The molecule has 0 aliphatic carbocycles. The van der Waals surface area contributed by atoms with E-state index in [4.69, 9.17) is 0 Å². The maximum Gasteiger partial charge on any atom is 0.154 e. The molecule has 0 heterocycles. The molecule has 0 saturated heterocycles. The summed E-state index contributed by atoms with van der Waals surface area (Å²) in [6.45, 7) is 8.72. The van der Waals surface area contributed by atoms with Crippen molar-refractivity contribution in [3.63, 3.8) is 0 Å². The predicted octanol–water partition coefficient (Wildman–Crippen LogP) is 3.35. The Bertz CT molecular complexity index is 378. The van der Waals surface area contributed by atoms with E-state index < -0.39 is 0 Å². The van der Waals surface area contributed by atoms with E-state index in [-0.39, 0.29) is 5.92 Å². The Hall–Kier alpha value is -1.31. The monoisotopic (exact) mass is 233 g/mol. The summed E-state index contributed by atoms with van der Waals surface area (Å²) in [5, 5.41) is 0. The van der Waals surface area contributed by atoms with Crippen LogP contribution in [0.4, 0.5) is 5.69 Å². The molecule has 1 atom stereocenters. The summed E-state index contributed by atoms with van der Waals surface area (Å²) in [6, 6.07) is 6.39. The van der Waals surface area contributed by atoms with Crippen LogP contribution in [0, 0.1) is 19.8 Å². The van der Waals surface area contributed by atoms with Crippen molar-refractivity contribution in [2.75, 3.05) is 18.5 Å². The molecule has 0 radical (unpaired) electrons. The molecule has 2 nitrogen and oxygen atoms in total. The van der Waals surface area contributed by atoms with E-state index in [9.17, 15) is 4.79 Å². The van der Waals surface area contributed by atoms with E-state index in [1.54, 1.807) is 0 Å². The number of Topliss-reactive ketones (excluding diaryl/α,β-unsaturated/α-hetero) is 1. The number of carbonyl (C=O) groups is 1. The second kappa shape index (κ2) is 5.85. The fourth-order valence-electron chi connectivity index (χ4n) is 1.88. The second-order valence-corrected chi connectivity index (χ2v) is 4.98. The summed E-state index contributed by atoms with van der Waals surface area (Å²) in [5.74, 6) is 0.470. The summed E-state index contributed by atoms with van der Waals surface area (Å²) < 4.78 is 0. The minimum atomic E-state index is 0.156. The minimum absolute atomic E-state index is 0.156. The van der Waals surface area contributed by atoms with Gasteiger partial charge in [-0.2, -0.15) is 0 Å². The Morgan fingerprint density at radius 3 is 2.24 bits per heavy atom. The molecule has 1 rings (SSSR count). The van der Waals surface area contributed by atoms with Crippen LogP contribution in [0.15, 0.2) is 18.2 Å². The standard InChI is InChI=1S/C15H23NO/c1-6-13(4)15(17)10-16(5)14-8-11(2)7-12(3)9-14/h7-9,13H,6,10H2,1-5H3. The number of ketones is 1. The number of hydrogen-bond acceptors (Lipinski definition) is 2. The molecule has 0 bridgehead atoms. The van der Waals surface area contributed by atoms with Crippen LogP contribution in [0.3, 0.4) is 0 Å². The Balaban J connectivity index is 2.76.